The first-order valence-electron chi connectivity index (χ1n) is 6.86. The summed E-state index contributed by atoms with van der Waals surface area (Å²) in [5.41, 5.74) is 3.79. The average molecular weight is 305 g/mol. The molecule has 0 N–H and O–H groups in total. The number of benzene rings is 2. The lowest BCUT2D eigenvalue weighted by atomic mass is 10.2. The highest BCUT2D eigenvalue weighted by Gasteiger charge is 2.12. The van der Waals surface area contributed by atoms with E-state index in [2.05, 4.69) is 15.0 Å². The largest absolute Gasteiger partial charge is 0.277 e. The van der Waals surface area contributed by atoms with Crippen molar-refractivity contribution in [3.05, 3.63) is 63.8 Å². The maximum atomic E-state index is 12.3. The van der Waals surface area contributed by atoms with Crippen molar-refractivity contribution >= 4 is 33.3 Å². The van der Waals surface area contributed by atoms with E-state index < -0.39 is 0 Å². The van der Waals surface area contributed by atoms with Gasteiger partial charge < -0.3 is 0 Å². The molecule has 0 unspecified atom stereocenters. The molecule has 0 amide bonds. The third-order valence-corrected chi connectivity index (χ3v) is 4.37. The number of fused-ring (bicyclic) bond motifs is 2. The summed E-state index contributed by atoms with van der Waals surface area (Å²) >= 11 is 1.11. The Bertz CT molecular complexity index is 1070. The Kier molecular flexibility index (Phi) is 2.94. The van der Waals surface area contributed by atoms with Crippen molar-refractivity contribution < 1.29 is 0 Å². The van der Waals surface area contributed by atoms with E-state index in [0.717, 1.165) is 28.1 Å². The normalized spacial score (nSPS) is 11.1. The number of aromatic nitrogens is 3. The minimum atomic E-state index is -0.00467. The van der Waals surface area contributed by atoms with Crippen LogP contribution in [0.1, 0.15) is 5.69 Å². The Morgan fingerprint density at radius 3 is 2.23 bits per heavy atom. The number of aryl methyl sites for hydroxylation is 1. The zero-order valence-electron chi connectivity index (χ0n) is 11.8. The molecule has 0 bridgehead atoms. The number of rotatable bonds is 1. The van der Waals surface area contributed by atoms with Crippen molar-refractivity contribution in [1.82, 2.24) is 15.0 Å². The highest BCUT2D eigenvalue weighted by molar-refractivity contribution is 7.13. The van der Waals surface area contributed by atoms with Gasteiger partial charge in [0.15, 0.2) is 0 Å². The fourth-order valence-corrected chi connectivity index (χ4v) is 3.30. The molecule has 4 aromatic rings. The summed E-state index contributed by atoms with van der Waals surface area (Å²) in [6, 6.07) is 15.1. The van der Waals surface area contributed by atoms with Crippen LogP contribution in [0.5, 0.6) is 0 Å². The molecule has 0 spiro atoms. The zero-order chi connectivity index (χ0) is 15.1. The van der Waals surface area contributed by atoms with Gasteiger partial charge >= 0.3 is 0 Å². The molecule has 0 atom stereocenters. The quantitative estimate of drug-likeness (QED) is 0.539. The van der Waals surface area contributed by atoms with Crippen molar-refractivity contribution in [2.45, 2.75) is 6.92 Å². The molecule has 2 aromatic carbocycles. The van der Waals surface area contributed by atoms with Crippen LogP contribution in [-0.2, 0) is 0 Å². The van der Waals surface area contributed by atoms with Crippen LogP contribution in [0.15, 0.2) is 53.3 Å². The van der Waals surface area contributed by atoms with E-state index in [1.54, 1.807) is 6.07 Å². The third kappa shape index (κ3) is 2.07. The summed E-state index contributed by atoms with van der Waals surface area (Å²) in [6.45, 7) is 1.89. The van der Waals surface area contributed by atoms with Gasteiger partial charge in [0.25, 0.3) is 0 Å². The predicted octanol–water partition coefficient (Wildman–Crippen LogP) is 3.58. The molecule has 106 valence electrons. The highest BCUT2D eigenvalue weighted by atomic mass is 32.1. The van der Waals surface area contributed by atoms with Crippen molar-refractivity contribution in [1.29, 1.82) is 0 Å². The summed E-state index contributed by atoms with van der Waals surface area (Å²) in [7, 11) is 0. The van der Waals surface area contributed by atoms with Gasteiger partial charge in [0.05, 0.1) is 27.6 Å². The second-order valence-electron chi connectivity index (χ2n) is 4.97. The fourth-order valence-electron chi connectivity index (χ4n) is 2.41. The van der Waals surface area contributed by atoms with Crippen LogP contribution in [0.3, 0.4) is 0 Å². The Hall–Kier alpha value is -2.66. The first kappa shape index (κ1) is 13.0. The molecule has 2 heterocycles. The highest BCUT2D eigenvalue weighted by Crippen LogP contribution is 2.24. The fraction of sp³-hybridized carbons (Fsp3) is 0.0588. The van der Waals surface area contributed by atoms with E-state index in [4.69, 9.17) is 0 Å². The number of hydrogen-bond donors (Lipinski definition) is 0. The van der Waals surface area contributed by atoms with Crippen LogP contribution in [0.2, 0.25) is 0 Å². The smallest absolute Gasteiger partial charge is 0.243 e. The van der Waals surface area contributed by atoms with Crippen LogP contribution >= 0.6 is 11.3 Å². The Balaban J connectivity index is 2.02. The van der Waals surface area contributed by atoms with Gasteiger partial charge in [-0.2, -0.15) is 0 Å². The SMILES string of the molecule is Cc1nc2ccccc2nc1-c1nc2ccccc2c(=O)s1. The molecule has 4 rings (SSSR count). The van der Waals surface area contributed by atoms with Gasteiger partial charge in [-0.05, 0) is 31.2 Å². The zero-order valence-corrected chi connectivity index (χ0v) is 12.6. The van der Waals surface area contributed by atoms with Crippen molar-refractivity contribution in [3.8, 4) is 10.7 Å². The first-order chi connectivity index (χ1) is 10.7. The number of hydrogen-bond acceptors (Lipinski definition) is 5. The molecule has 2 aromatic heterocycles. The maximum Gasteiger partial charge on any atom is 0.243 e. The predicted molar refractivity (Wildman–Crippen MR) is 89.2 cm³/mol. The molecule has 0 aliphatic heterocycles. The van der Waals surface area contributed by atoms with Gasteiger partial charge in [0.1, 0.15) is 10.7 Å². The molecule has 0 aliphatic rings. The summed E-state index contributed by atoms with van der Waals surface area (Å²) in [4.78, 5) is 26.1. The Labute approximate surface area is 130 Å². The minimum Gasteiger partial charge on any atom is -0.277 e. The van der Waals surface area contributed by atoms with Gasteiger partial charge in [0, 0.05) is 0 Å². The molecule has 0 saturated heterocycles. The van der Waals surface area contributed by atoms with Crippen LogP contribution in [0.25, 0.3) is 32.6 Å². The molecule has 0 radical (unpaired) electrons. The van der Waals surface area contributed by atoms with Crippen LogP contribution in [0, 0.1) is 6.92 Å². The lowest BCUT2D eigenvalue weighted by Crippen LogP contribution is -2.01. The molecule has 4 nitrogen and oxygen atoms in total. The Morgan fingerprint density at radius 1 is 0.818 bits per heavy atom. The third-order valence-electron chi connectivity index (χ3n) is 3.48. The molecule has 0 aliphatic carbocycles. The molecular formula is C17H11N3OS. The van der Waals surface area contributed by atoms with Crippen molar-refractivity contribution in [2.24, 2.45) is 0 Å². The summed E-state index contributed by atoms with van der Waals surface area (Å²) in [6.07, 6.45) is 0. The summed E-state index contributed by atoms with van der Waals surface area (Å²) in [5, 5.41) is 1.25. The molecular weight excluding hydrogens is 294 g/mol. The van der Waals surface area contributed by atoms with Crippen molar-refractivity contribution in [3.63, 3.8) is 0 Å². The van der Waals surface area contributed by atoms with Gasteiger partial charge in [-0.15, -0.1) is 0 Å². The van der Waals surface area contributed by atoms with Crippen LogP contribution in [0.4, 0.5) is 0 Å². The minimum absolute atomic E-state index is 0.00467. The van der Waals surface area contributed by atoms with E-state index in [9.17, 15) is 4.79 Å². The van der Waals surface area contributed by atoms with E-state index in [1.807, 2.05) is 49.4 Å². The van der Waals surface area contributed by atoms with Gasteiger partial charge in [-0.25, -0.2) is 15.0 Å². The second-order valence-corrected chi connectivity index (χ2v) is 5.93. The van der Waals surface area contributed by atoms with Crippen LogP contribution < -0.4 is 4.74 Å². The van der Waals surface area contributed by atoms with Gasteiger partial charge in [-0.1, -0.05) is 35.6 Å². The second kappa shape index (κ2) is 4.96. The van der Waals surface area contributed by atoms with Gasteiger partial charge in [0.2, 0.25) is 4.74 Å². The summed E-state index contributed by atoms with van der Waals surface area (Å²) in [5.74, 6) is 0. The maximum absolute atomic E-state index is 12.3. The lowest BCUT2D eigenvalue weighted by Gasteiger charge is -2.06. The number of para-hydroxylation sites is 3. The van der Waals surface area contributed by atoms with Gasteiger partial charge in [-0.3, -0.25) is 4.79 Å². The van der Waals surface area contributed by atoms with E-state index >= 15 is 0 Å². The molecule has 22 heavy (non-hydrogen) atoms. The average Bonchev–Trinajstić information content (AvgIpc) is 2.54. The molecule has 0 fully saturated rings. The van der Waals surface area contributed by atoms with E-state index in [1.165, 1.54) is 0 Å². The van der Waals surface area contributed by atoms with Crippen molar-refractivity contribution in [2.75, 3.05) is 0 Å². The molecule has 5 heteroatoms. The van der Waals surface area contributed by atoms with Crippen LogP contribution in [-0.4, -0.2) is 15.0 Å². The topological polar surface area (TPSA) is 55.7 Å². The first-order valence-corrected chi connectivity index (χ1v) is 7.68. The monoisotopic (exact) mass is 305 g/mol. The van der Waals surface area contributed by atoms with E-state index in [-0.39, 0.29) is 4.74 Å². The summed E-state index contributed by atoms with van der Waals surface area (Å²) < 4.78 is -0.00467. The number of nitrogens with zero attached hydrogens (tertiary/aromatic N) is 3. The lowest BCUT2D eigenvalue weighted by molar-refractivity contribution is 1.18. The van der Waals surface area contributed by atoms with E-state index in [0.29, 0.717) is 21.6 Å². The molecule has 0 saturated carbocycles. The Morgan fingerprint density at radius 2 is 1.45 bits per heavy atom. The standard InChI is InChI=1S/C17H11N3OS/c1-10-15(19-14-9-5-4-8-13(14)18-10)16-20-12-7-3-2-6-11(12)17(21)22-16/h2-9H,1H3.